The predicted molar refractivity (Wildman–Crippen MR) is 111 cm³/mol. The highest BCUT2D eigenvalue weighted by atomic mass is 35.5. The molecule has 0 spiro atoms. The first-order chi connectivity index (χ1) is 14.5. The minimum Gasteiger partial charge on any atom is -0.301 e. The fourth-order valence-corrected chi connectivity index (χ4v) is 5.05. The Morgan fingerprint density at radius 1 is 1.10 bits per heavy atom. The molecule has 166 valence electrons. The van der Waals surface area contributed by atoms with Gasteiger partial charge in [-0.15, -0.1) is 10.2 Å². The second-order valence-electron chi connectivity index (χ2n) is 6.66. The molecule has 1 N–H and O–H groups in total. The van der Waals surface area contributed by atoms with E-state index in [2.05, 4.69) is 19.9 Å². The van der Waals surface area contributed by atoms with Crippen molar-refractivity contribution in [2.24, 2.45) is 0 Å². The Hall–Kier alpha value is -2.41. The van der Waals surface area contributed by atoms with Crippen molar-refractivity contribution in [3.05, 3.63) is 65.0 Å². The van der Waals surface area contributed by atoms with Gasteiger partial charge >= 0.3 is 0 Å². The van der Waals surface area contributed by atoms with Gasteiger partial charge in [0.05, 0.1) is 17.1 Å². The zero-order valence-electron chi connectivity index (χ0n) is 16.5. The first kappa shape index (κ1) is 23.3. The Balaban J connectivity index is 2.06. The van der Waals surface area contributed by atoms with Gasteiger partial charge in [0, 0.05) is 29.9 Å². The zero-order chi connectivity index (χ0) is 22.8. The van der Waals surface area contributed by atoms with E-state index in [4.69, 9.17) is 11.6 Å². The Morgan fingerprint density at radius 3 is 2.32 bits per heavy atom. The first-order valence-electron chi connectivity index (χ1n) is 9.02. The molecule has 1 unspecified atom stereocenters. The highest BCUT2D eigenvalue weighted by Crippen LogP contribution is 2.23. The average Bonchev–Trinajstić information content (AvgIpc) is 3.14. The maximum atomic E-state index is 13.2. The van der Waals surface area contributed by atoms with Crippen molar-refractivity contribution in [1.29, 1.82) is 0 Å². The van der Waals surface area contributed by atoms with E-state index < -0.39 is 31.7 Å². The number of halogens is 2. The van der Waals surface area contributed by atoms with Crippen molar-refractivity contribution in [3.8, 4) is 0 Å². The lowest BCUT2D eigenvalue weighted by Crippen LogP contribution is -2.32. The molecular formula is C18H19ClFN5O4S2. The largest absolute Gasteiger partial charge is 0.301 e. The average molecular weight is 488 g/mol. The van der Waals surface area contributed by atoms with Crippen LogP contribution in [0.25, 0.3) is 0 Å². The van der Waals surface area contributed by atoms with E-state index in [-0.39, 0.29) is 28.8 Å². The molecule has 0 saturated carbocycles. The highest BCUT2D eigenvalue weighted by Gasteiger charge is 2.29. The van der Waals surface area contributed by atoms with Crippen LogP contribution in [-0.2, 0) is 32.8 Å². The molecule has 0 fully saturated rings. The molecule has 0 bridgehead atoms. The van der Waals surface area contributed by atoms with Gasteiger partial charge in [-0.2, -0.15) is 0 Å². The number of benzene rings is 1. The summed E-state index contributed by atoms with van der Waals surface area (Å²) in [5.74, 6) is -0.454. The van der Waals surface area contributed by atoms with Crippen LogP contribution < -0.4 is 4.72 Å². The summed E-state index contributed by atoms with van der Waals surface area (Å²) in [6.07, 6.45) is 1.98. The fourth-order valence-electron chi connectivity index (χ4n) is 2.92. The van der Waals surface area contributed by atoms with Crippen LogP contribution in [-0.4, -0.2) is 42.8 Å². The maximum Gasteiger partial charge on any atom is 0.249 e. The molecule has 0 amide bonds. The van der Waals surface area contributed by atoms with Gasteiger partial charge in [0.2, 0.25) is 25.0 Å². The van der Waals surface area contributed by atoms with Gasteiger partial charge in [-0.05, 0) is 43.3 Å². The lowest BCUT2D eigenvalue weighted by molar-refractivity contribution is 0.509. The molecule has 0 saturated heterocycles. The van der Waals surface area contributed by atoms with Gasteiger partial charge in [0.25, 0.3) is 0 Å². The van der Waals surface area contributed by atoms with Crippen LogP contribution in [0, 0.1) is 5.82 Å². The van der Waals surface area contributed by atoms with Crippen LogP contribution in [0.4, 0.5) is 4.39 Å². The SMILES string of the molecule is CCn1c(C(Cc2ccc(F)cn2)NS(=O)(=O)c2ccc(Cl)cc2)nnc1S(C)(=O)=O. The summed E-state index contributed by atoms with van der Waals surface area (Å²) in [6, 6.07) is 7.12. The maximum absolute atomic E-state index is 13.2. The van der Waals surface area contributed by atoms with Crippen molar-refractivity contribution in [2.45, 2.75) is 36.0 Å². The number of aromatic nitrogens is 4. The van der Waals surface area contributed by atoms with Gasteiger partial charge in [0.1, 0.15) is 5.82 Å². The third kappa shape index (κ3) is 5.45. The number of sulfone groups is 1. The lowest BCUT2D eigenvalue weighted by atomic mass is 10.1. The number of hydrogen-bond donors (Lipinski definition) is 1. The van der Waals surface area contributed by atoms with Gasteiger partial charge in [-0.1, -0.05) is 11.6 Å². The van der Waals surface area contributed by atoms with E-state index in [0.29, 0.717) is 10.7 Å². The first-order valence-corrected chi connectivity index (χ1v) is 12.8. The van der Waals surface area contributed by atoms with Crippen LogP contribution in [0.1, 0.15) is 24.5 Å². The van der Waals surface area contributed by atoms with E-state index in [9.17, 15) is 21.2 Å². The normalized spacial score (nSPS) is 13.3. The molecule has 31 heavy (non-hydrogen) atoms. The summed E-state index contributed by atoms with van der Waals surface area (Å²) in [5, 5.41) is 7.77. The molecule has 0 radical (unpaired) electrons. The summed E-state index contributed by atoms with van der Waals surface area (Å²) in [4.78, 5) is 3.92. The predicted octanol–water partition coefficient (Wildman–Crippen LogP) is 2.15. The monoisotopic (exact) mass is 487 g/mol. The van der Waals surface area contributed by atoms with E-state index >= 15 is 0 Å². The van der Waals surface area contributed by atoms with Crippen LogP contribution in [0.2, 0.25) is 5.02 Å². The molecule has 13 heteroatoms. The Kier molecular flexibility index (Phi) is 6.74. The molecule has 3 rings (SSSR count). The van der Waals surface area contributed by atoms with Gasteiger partial charge in [-0.3, -0.25) is 4.98 Å². The number of sulfonamides is 1. The molecule has 9 nitrogen and oxygen atoms in total. The number of hydrogen-bond acceptors (Lipinski definition) is 7. The van der Waals surface area contributed by atoms with Crippen molar-refractivity contribution in [3.63, 3.8) is 0 Å². The second kappa shape index (κ2) is 8.99. The van der Waals surface area contributed by atoms with E-state index in [0.717, 1.165) is 12.5 Å². The van der Waals surface area contributed by atoms with Gasteiger partial charge < -0.3 is 4.57 Å². The van der Waals surface area contributed by atoms with E-state index in [1.54, 1.807) is 6.92 Å². The molecular weight excluding hydrogens is 469 g/mol. The lowest BCUT2D eigenvalue weighted by Gasteiger charge is -2.19. The third-order valence-corrected chi connectivity index (χ3v) is 7.03. The second-order valence-corrected chi connectivity index (χ2v) is 10.7. The number of nitrogens with one attached hydrogen (secondary N) is 1. The minimum atomic E-state index is -4.04. The number of rotatable bonds is 8. The molecule has 0 aliphatic heterocycles. The molecule has 0 aliphatic rings. The van der Waals surface area contributed by atoms with Crippen LogP contribution >= 0.6 is 11.6 Å². The smallest absolute Gasteiger partial charge is 0.249 e. The van der Waals surface area contributed by atoms with Crippen molar-refractivity contribution >= 4 is 31.5 Å². The Morgan fingerprint density at radius 2 is 1.77 bits per heavy atom. The van der Waals surface area contributed by atoms with Crippen LogP contribution in [0.15, 0.2) is 52.6 Å². The van der Waals surface area contributed by atoms with Gasteiger partial charge in [-0.25, -0.2) is 25.9 Å². The van der Waals surface area contributed by atoms with E-state index in [1.165, 1.54) is 41.0 Å². The number of pyridine rings is 1. The quantitative estimate of drug-likeness (QED) is 0.516. The molecule has 1 aromatic carbocycles. The molecule has 0 aliphatic carbocycles. The minimum absolute atomic E-state index is 0.0189. The summed E-state index contributed by atoms with van der Waals surface area (Å²) in [6.45, 7) is 1.86. The van der Waals surface area contributed by atoms with Crippen molar-refractivity contribution < 1.29 is 21.2 Å². The zero-order valence-corrected chi connectivity index (χ0v) is 18.9. The van der Waals surface area contributed by atoms with Crippen molar-refractivity contribution in [2.75, 3.05) is 6.26 Å². The van der Waals surface area contributed by atoms with Crippen molar-refractivity contribution in [1.82, 2.24) is 24.5 Å². The summed E-state index contributed by atoms with van der Waals surface area (Å²) in [5.41, 5.74) is 0.372. The molecule has 3 aromatic rings. The summed E-state index contributed by atoms with van der Waals surface area (Å²) in [7, 11) is -7.75. The Labute approximate surface area is 184 Å². The van der Waals surface area contributed by atoms with E-state index in [1.807, 2.05) is 0 Å². The highest BCUT2D eigenvalue weighted by molar-refractivity contribution is 7.90. The summed E-state index contributed by atoms with van der Waals surface area (Å²) >= 11 is 5.84. The van der Waals surface area contributed by atoms with Crippen LogP contribution in [0.5, 0.6) is 0 Å². The van der Waals surface area contributed by atoms with Crippen LogP contribution in [0.3, 0.4) is 0 Å². The third-order valence-electron chi connectivity index (χ3n) is 4.33. The van der Waals surface area contributed by atoms with Gasteiger partial charge in [0.15, 0.2) is 5.82 Å². The molecule has 2 aromatic heterocycles. The summed E-state index contributed by atoms with van der Waals surface area (Å²) < 4.78 is 67.1. The fraction of sp³-hybridized carbons (Fsp3) is 0.278. The molecule has 1 atom stereocenters. The standard InChI is InChI=1S/C18H19ClFN5O4S2/c1-3-25-17(22-23-18(25)30(2,26)27)16(10-14-7-6-13(20)11-21-14)24-31(28,29)15-8-4-12(19)5-9-15/h4-9,11,16,24H,3,10H2,1-2H3. The Bertz CT molecular complexity index is 1280. The topological polar surface area (TPSA) is 124 Å². The molecule has 2 heterocycles. The number of nitrogens with zero attached hydrogens (tertiary/aromatic N) is 4.